The Morgan fingerprint density at radius 3 is 2.05 bits per heavy atom. The summed E-state index contributed by atoms with van der Waals surface area (Å²) in [4.78, 5) is 0. The minimum Gasteiger partial charge on any atom is -0.356 e. The number of halogens is 8. The second kappa shape index (κ2) is 5.88. The van der Waals surface area contributed by atoms with Gasteiger partial charge in [-0.25, -0.2) is 0 Å². The molecular formula is C10H6BrClF6O. The molecule has 0 saturated carbocycles. The minimum atomic E-state index is -5.53. The van der Waals surface area contributed by atoms with Gasteiger partial charge in [0, 0.05) is 9.50 Å². The maximum atomic E-state index is 12.2. The van der Waals surface area contributed by atoms with Crippen LogP contribution in [0.2, 0.25) is 5.02 Å². The van der Waals surface area contributed by atoms with E-state index in [1.165, 1.54) is 18.2 Å². The van der Waals surface area contributed by atoms with Crippen molar-refractivity contribution in [1.29, 1.82) is 0 Å². The van der Waals surface area contributed by atoms with Crippen LogP contribution < -0.4 is 0 Å². The molecule has 0 N–H and O–H groups in total. The SMILES string of the molecule is FC(F)(F)C(OCc1ccc(Br)cc1Cl)C(F)(F)F. The lowest BCUT2D eigenvalue weighted by molar-refractivity contribution is -0.324. The molecule has 0 aromatic heterocycles. The van der Waals surface area contributed by atoms with Crippen molar-refractivity contribution in [3.05, 3.63) is 33.3 Å². The molecule has 0 amide bonds. The molecule has 0 aliphatic rings. The summed E-state index contributed by atoms with van der Waals surface area (Å²) in [5.41, 5.74) is 0.0309. The fourth-order valence-electron chi connectivity index (χ4n) is 1.19. The van der Waals surface area contributed by atoms with Crippen molar-refractivity contribution >= 4 is 27.5 Å². The Labute approximate surface area is 117 Å². The molecule has 0 spiro atoms. The second-order valence-electron chi connectivity index (χ2n) is 3.51. The first-order valence-electron chi connectivity index (χ1n) is 4.71. The van der Waals surface area contributed by atoms with Crippen LogP contribution in [0.1, 0.15) is 5.56 Å². The van der Waals surface area contributed by atoms with Gasteiger partial charge in [0.1, 0.15) is 0 Å². The molecule has 108 valence electrons. The molecule has 1 nitrogen and oxygen atoms in total. The topological polar surface area (TPSA) is 9.23 Å². The van der Waals surface area contributed by atoms with Crippen LogP contribution >= 0.6 is 27.5 Å². The second-order valence-corrected chi connectivity index (χ2v) is 4.83. The Morgan fingerprint density at radius 2 is 1.63 bits per heavy atom. The lowest BCUT2D eigenvalue weighted by Gasteiger charge is -2.23. The number of hydrogen-bond donors (Lipinski definition) is 0. The van der Waals surface area contributed by atoms with Crippen LogP contribution in [0, 0.1) is 0 Å². The summed E-state index contributed by atoms with van der Waals surface area (Å²) >= 11 is 8.72. The van der Waals surface area contributed by atoms with Gasteiger partial charge in [-0.15, -0.1) is 0 Å². The van der Waals surface area contributed by atoms with Gasteiger partial charge in [0.2, 0.25) is 6.10 Å². The van der Waals surface area contributed by atoms with Gasteiger partial charge in [-0.1, -0.05) is 33.6 Å². The molecule has 19 heavy (non-hydrogen) atoms. The third-order valence-electron chi connectivity index (χ3n) is 2.02. The highest BCUT2D eigenvalue weighted by atomic mass is 79.9. The van der Waals surface area contributed by atoms with Crippen molar-refractivity contribution in [3.63, 3.8) is 0 Å². The van der Waals surface area contributed by atoms with Gasteiger partial charge >= 0.3 is 12.4 Å². The number of rotatable bonds is 3. The quantitative estimate of drug-likeness (QED) is 0.671. The maximum absolute atomic E-state index is 12.2. The molecule has 9 heteroatoms. The first kappa shape index (κ1) is 16.6. The fraction of sp³-hybridized carbons (Fsp3) is 0.400. The van der Waals surface area contributed by atoms with Crippen molar-refractivity contribution in [2.75, 3.05) is 0 Å². The third kappa shape index (κ3) is 4.85. The Kier molecular flexibility index (Phi) is 5.14. The molecule has 1 rings (SSSR count). The molecule has 0 unspecified atom stereocenters. The number of benzene rings is 1. The lowest BCUT2D eigenvalue weighted by atomic mass is 10.2. The zero-order valence-corrected chi connectivity index (χ0v) is 11.3. The van der Waals surface area contributed by atoms with Crippen molar-refractivity contribution < 1.29 is 31.1 Å². The molecule has 0 saturated heterocycles. The number of alkyl halides is 6. The molecule has 0 aliphatic heterocycles. The van der Waals surface area contributed by atoms with Crippen LogP contribution in [-0.2, 0) is 11.3 Å². The van der Waals surface area contributed by atoms with E-state index in [4.69, 9.17) is 11.6 Å². The predicted molar refractivity (Wildman–Crippen MR) is 59.8 cm³/mol. The molecule has 0 fully saturated rings. The highest BCUT2D eigenvalue weighted by molar-refractivity contribution is 9.10. The number of ether oxygens (including phenoxy) is 1. The van der Waals surface area contributed by atoms with E-state index in [2.05, 4.69) is 20.7 Å². The monoisotopic (exact) mass is 370 g/mol. The van der Waals surface area contributed by atoms with Crippen LogP contribution in [-0.4, -0.2) is 18.5 Å². The Balaban J connectivity index is 2.83. The van der Waals surface area contributed by atoms with Gasteiger partial charge in [-0.2, -0.15) is 26.3 Å². The highest BCUT2D eigenvalue weighted by Crippen LogP contribution is 2.36. The van der Waals surface area contributed by atoms with E-state index in [0.29, 0.717) is 4.47 Å². The molecule has 0 bridgehead atoms. The predicted octanol–water partition coefficient (Wildman–Crippen LogP) is 5.11. The standard InChI is InChI=1S/C10H6BrClF6O/c11-6-2-1-5(7(12)3-6)4-19-8(9(13,14)15)10(16,17)18/h1-3,8H,4H2. The van der Waals surface area contributed by atoms with Crippen LogP contribution in [0.4, 0.5) is 26.3 Å². The van der Waals surface area contributed by atoms with E-state index in [0.717, 1.165) is 0 Å². The molecule has 0 aliphatic carbocycles. The Hall–Kier alpha value is -0.470. The summed E-state index contributed by atoms with van der Waals surface area (Å²) in [6.45, 7) is -0.893. The third-order valence-corrected chi connectivity index (χ3v) is 2.86. The van der Waals surface area contributed by atoms with E-state index in [9.17, 15) is 26.3 Å². The zero-order valence-electron chi connectivity index (χ0n) is 8.95. The van der Waals surface area contributed by atoms with Gasteiger partial charge in [-0.3, -0.25) is 0 Å². The normalized spacial score (nSPS) is 13.1. The van der Waals surface area contributed by atoms with E-state index >= 15 is 0 Å². The first-order chi connectivity index (χ1) is 8.51. The van der Waals surface area contributed by atoms with Gasteiger partial charge in [0.25, 0.3) is 0 Å². The zero-order chi connectivity index (χ0) is 14.8. The van der Waals surface area contributed by atoms with Gasteiger partial charge in [0.15, 0.2) is 0 Å². The van der Waals surface area contributed by atoms with Crippen molar-refractivity contribution in [1.82, 2.24) is 0 Å². The lowest BCUT2D eigenvalue weighted by Crippen LogP contribution is -2.44. The summed E-state index contributed by atoms with van der Waals surface area (Å²) in [5.74, 6) is 0. The van der Waals surface area contributed by atoms with Crippen molar-refractivity contribution in [3.8, 4) is 0 Å². The maximum Gasteiger partial charge on any atom is 0.423 e. The molecule has 1 aromatic rings. The smallest absolute Gasteiger partial charge is 0.356 e. The largest absolute Gasteiger partial charge is 0.423 e. The molecule has 0 radical (unpaired) electrons. The molecule has 1 aromatic carbocycles. The van der Waals surface area contributed by atoms with Crippen LogP contribution in [0.5, 0.6) is 0 Å². The summed E-state index contributed by atoms with van der Waals surface area (Å²) in [5, 5.41) is 0.0115. The Morgan fingerprint density at radius 1 is 1.11 bits per heavy atom. The Bertz CT molecular complexity index is 431. The average molecular weight is 372 g/mol. The van der Waals surface area contributed by atoms with Crippen LogP contribution in [0.3, 0.4) is 0 Å². The molecule has 0 atom stereocenters. The molecular weight excluding hydrogens is 365 g/mol. The summed E-state index contributed by atoms with van der Waals surface area (Å²) in [6.07, 6.45) is -14.9. The van der Waals surface area contributed by atoms with Gasteiger partial charge in [0.05, 0.1) is 6.61 Å². The fourth-order valence-corrected chi connectivity index (χ4v) is 1.91. The van der Waals surface area contributed by atoms with Crippen molar-refractivity contribution in [2.24, 2.45) is 0 Å². The summed E-state index contributed by atoms with van der Waals surface area (Å²) in [7, 11) is 0. The number of hydrogen-bond acceptors (Lipinski definition) is 1. The minimum absolute atomic E-state index is 0.0115. The van der Waals surface area contributed by atoms with E-state index < -0.39 is 25.1 Å². The van der Waals surface area contributed by atoms with E-state index in [-0.39, 0.29) is 10.6 Å². The van der Waals surface area contributed by atoms with E-state index in [1.807, 2.05) is 0 Å². The van der Waals surface area contributed by atoms with Crippen LogP contribution in [0.15, 0.2) is 22.7 Å². The molecule has 0 heterocycles. The van der Waals surface area contributed by atoms with Gasteiger partial charge < -0.3 is 4.74 Å². The van der Waals surface area contributed by atoms with E-state index in [1.54, 1.807) is 0 Å². The van der Waals surface area contributed by atoms with Gasteiger partial charge in [-0.05, 0) is 17.7 Å². The summed E-state index contributed by atoms with van der Waals surface area (Å²) < 4.78 is 77.7. The summed E-state index contributed by atoms with van der Waals surface area (Å²) in [6, 6.07) is 4.05. The van der Waals surface area contributed by atoms with Crippen LogP contribution in [0.25, 0.3) is 0 Å². The van der Waals surface area contributed by atoms with Crippen molar-refractivity contribution in [2.45, 2.75) is 25.1 Å². The average Bonchev–Trinajstić information content (AvgIpc) is 2.17. The highest BCUT2D eigenvalue weighted by Gasteiger charge is 2.57. The first-order valence-corrected chi connectivity index (χ1v) is 5.88.